The number of nitrogens with one attached hydrogen (secondary N) is 4. The molecule has 0 saturated carbocycles. The lowest BCUT2D eigenvalue weighted by Crippen LogP contribution is -2.52. The lowest BCUT2D eigenvalue weighted by molar-refractivity contribution is -0.134. The summed E-state index contributed by atoms with van der Waals surface area (Å²) in [5, 5.41) is 5.79. The first kappa shape index (κ1) is 43.2. The zero-order valence-corrected chi connectivity index (χ0v) is 35.4. The van der Waals surface area contributed by atoms with Gasteiger partial charge in [0.2, 0.25) is 29.5 Å². The molecule has 3 aliphatic heterocycles. The van der Waals surface area contributed by atoms with Crippen LogP contribution < -0.4 is 20.3 Å². The van der Waals surface area contributed by atoms with Gasteiger partial charge in [0, 0.05) is 105 Å². The predicted octanol–water partition coefficient (Wildman–Crippen LogP) is 3.28. The van der Waals surface area contributed by atoms with E-state index in [0.29, 0.717) is 68.3 Å². The van der Waals surface area contributed by atoms with Gasteiger partial charge in [0.05, 0.1) is 29.7 Å². The summed E-state index contributed by atoms with van der Waals surface area (Å²) in [4.78, 5) is 77.6. The number of hydrogen-bond donors (Lipinski definition) is 4. The molecule has 330 valence electrons. The van der Waals surface area contributed by atoms with Crippen molar-refractivity contribution in [2.24, 2.45) is 0 Å². The predicted molar refractivity (Wildman–Crippen MR) is 229 cm³/mol. The van der Waals surface area contributed by atoms with Crippen molar-refractivity contribution in [3.63, 3.8) is 0 Å². The number of imide groups is 1. The normalized spacial score (nSPS) is 17.9. The van der Waals surface area contributed by atoms with E-state index in [1.165, 1.54) is 13.2 Å². The van der Waals surface area contributed by atoms with Crippen LogP contribution in [0.2, 0.25) is 0 Å². The van der Waals surface area contributed by atoms with E-state index in [4.69, 9.17) is 0 Å². The number of rotatable bonds is 13. The first-order valence-electron chi connectivity index (χ1n) is 20.7. The van der Waals surface area contributed by atoms with Crippen LogP contribution in [0, 0.1) is 11.6 Å². The van der Waals surface area contributed by atoms with Crippen molar-refractivity contribution in [2.75, 3.05) is 74.3 Å². The lowest BCUT2D eigenvalue weighted by atomic mass is 9.93. The van der Waals surface area contributed by atoms with Crippen molar-refractivity contribution in [1.29, 1.82) is 0 Å². The molecule has 7 heterocycles. The second-order valence-corrected chi connectivity index (χ2v) is 17.5. The molecule has 21 heteroatoms. The standard InChI is InChI=1S/C42H46F2N12O6S/c1-3-53(2)63(61,62)52-33-7-5-31(43)37(38(33)44)39(59)30-23-47-40-29(30)18-26(19-46-40)27-20-48-42(49-21-27)56-16-14-55(15-17-56)36(58)24-54-12-10-25(11-13-54)32-6-4-28(22-45-32)50-34-8-9-35(57)51-41(34)60/h4-7,18-23,25,34,50,52H,3,8-17,24H2,1-2H3,(H,46,47)(H,51,57,60). The number of aromatic nitrogens is 5. The van der Waals surface area contributed by atoms with Gasteiger partial charge >= 0.3 is 10.2 Å². The summed E-state index contributed by atoms with van der Waals surface area (Å²) in [5.74, 6) is -3.27. The van der Waals surface area contributed by atoms with Crippen LogP contribution in [0.25, 0.3) is 22.2 Å². The minimum absolute atomic E-state index is 0.0690. The Hall–Kier alpha value is -6.45. The Balaban J connectivity index is 0.834. The summed E-state index contributed by atoms with van der Waals surface area (Å²) in [6.45, 7) is 5.67. The lowest BCUT2D eigenvalue weighted by Gasteiger charge is -2.37. The number of hydrogen-bond acceptors (Lipinski definition) is 13. The van der Waals surface area contributed by atoms with Crippen LogP contribution in [-0.2, 0) is 24.6 Å². The Kier molecular flexibility index (Phi) is 12.4. The Morgan fingerprint density at radius 2 is 1.63 bits per heavy atom. The number of nitrogens with zero attached hydrogens (tertiary/aromatic N) is 8. The van der Waals surface area contributed by atoms with Crippen LogP contribution in [0.4, 0.5) is 26.1 Å². The number of ketones is 1. The molecule has 1 atom stereocenters. The third-order valence-corrected chi connectivity index (χ3v) is 13.4. The van der Waals surface area contributed by atoms with Crippen molar-refractivity contribution in [1.82, 2.24) is 44.3 Å². The van der Waals surface area contributed by atoms with Crippen molar-refractivity contribution < 1.29 is 36.4 Å². The average Bonchev–Trinajstić information content (AvgIpc) is 3.72. The molecule has 0 spiro atoms. The number of likely N-dealkylation sites (tertiary alicyclic amines) is 1. The van der Waals surface area contributed by atoms with Gasteiger partial charge < -0.3 is 20.1 Å². The largest absolute Gasteiger partial charge is 0.372 e. The highest BCUT2D eigenvalue weighted by molar-refractivity contribution is 7.90. The van der Waals surface area contributed by atoms with Gasteiger partial charge in [-0.1, -0.05) is 6.92 Å². The minimum Gasteiger partial charge on any atom is -0.372 e. The zero-order chi connectivity index (χ0) is 44.4. The minimum atomic E-state index is -4.15. The van der Waals surface area contributed by atoms with Gasteiger partial charge in [-0.2, -0.15) is 12.7 Å². The van der Waals surface area contributed by atoms with E-state index in [-0.39, 0.29) is 41.1 Å². The number of carbonyl (C=O) groups is 4. The molecular formula is C42H46F2N12O6S. The highest BCUT2D eigenvalue weighted by Gasteiger charge is 2.30. The van der Waals surface area contributed by atoms with Gasteiger partial charge in [-0.25, -0.2) is 23.7 Å². The number of amides is 3. The molecule has 0 bridgehead atoms. The van der Waals surface area contributed by atoms with E-state index in [2.05, 4.69) is 45.2 Å². The number of aromatic amines is 1. The molecule has 1 unspecified atom stereocenters. The van der Waals surface area contributed by atoms with Crippen molar-refractivity contribution in [3.8, 4) is 11.1 Å². The van der Waals surface area contributed by atoms with Crippen molar-refractivity contribution in [3.05, 3.63) is 89.8 Å². The molecule has 5 aromatic rings. The molecule has 0 radical (unpaired) electrons. The molecule has 3 fully saturated rings. The summed E-state index contributed by atoms with van der Waals surface area (Å²) in [7, 11) is -2.86. The van der Waals surface area contributed by atoms with Gasteiger partial charge in [-0.05, 0) is 62.7 Å². The van der Waals surface area contributed by atoms with Gasteiger partial charge in [-0.15, -0.1) is 0 Å². The number of H-pyrrole nitrogens is 1. The van der Waals surface area contributed by atoms with Crippen LogP contribution in [0.5, 0.6) is 0 Å². The molecule has 8 rings (SSSR count). The summed E-state index contributed by atoms with van der Waals surface area (Å²) in [6, 6.07) is 6.80. The summed E-state index contributed by atoms with van der Waals surface area (Å²) in [6.07, 6.45) is 10.3. The number of halogens is 2. The molecule has 18 nitrogen and oxygen atoms in total. The summed E-state index contributed by atoms with van der Waals surface area (Å²) >= 11 is 0. The number of anilines is 3. The van der Waals surface area contributed by atoms with E-state index in [9.17, 15) is 27.6 Å². The van der Waals surface area contributed by atoms with E-state index >= 15 is 8.78 Å². The second kappa shape index (κ2) is 18.1. The van der Waals surface area contributed by atoms with Gasteiger partial charge in [0.15, 0.2) is 5.82 Å². The molecule has 4 aromatic heterocycles. The van der Waals surface area contributed by atoms with Crippen molar-refractivity contribution in [2.45, 2.75) is 44.6 Å². The molecule has 3 aliphatic rings. The molecular weight excluding hydrogens is 839 g/mol. The Bertz CT molecular complexity index is 2650. The highest BCUT2D eigenvalue weighted by atomic mass is 32.2. The van der Waals surface area contributed by atoms with Crippen LogP contribution in [0.15, 0.2) is 61.3 Å². The average molecular weight is 885 g/mol. The summed E-state index contributed by atoms with van der Waals surface area (Å²) < 4.78 is 58.7. The number of piperidine rings is 2. The summed E-state index contributed by atoms with van der Waals surface area (Å²) in [5.41, 5.74) is 1.55. The first-order chi connectivity index (χ1) is 30.3. The van der Waals surface area contributed by atoms with E-state index in [1.807, 2.05) is 21.9 Å². The van der Waals surface area contributed by atoms with Crippen LogP contribution >= 0.6 is 0 Å². The SMILES string of the molecule is CCN(C)S(=O)(=O)Nc1ccc(F)c(C(=O)c2c[nH]c3ncc(-c4cnc(N5CCN(C(=O)CN6CCC(c7ccc(NC8CCC(=O)NC8=O)cn7)CC6)CC5)nc4)cc23)c1F. The van der Waals surface area contributed by atoms with Crippen LogP contribution in [-0.4, -0.2) is 136 Å². The number of carbonyl (C=O) groups excluding carboxylic acids is 4. The van der Waals surface area contributed by atoms with E-state index in [0.717, 1.165) is 53.8 Å². The number of piperazine rings is 1. The maximum absolute atomic E-state index is 15.6. The zero-order valence-electron chi connectivity index (χ0n) is 34.6. The monoisotopic (exact) mass is 884 g/mol. The molecule has 3 amide bonds. The smallest absolute Gasteiger partial charge is 0.301 e. The third-order valence-electron chi connectivity index (χ3n) is 11.8. The van der Waals surface area contributed by atoms with Gasteiger partial charge in [0.1, 0.15) is 17.5 Å². The quantitative estimate of drug-likeness (QED) is 0.0988. The molecule has 0 aliphatic carbocycles. The van der Waals surface area contributed by atoms with E-state index < -0.39 is 44.9 Å². The molecule has 4 N–H and O–H groups in total. The van der Waals surface area contributed by atoms with Crippen molar-refractivity contribution >= 4 is 62.1 Å². The molecule has 3 saturated heterocycles. The Labute approximate surface area is 361 Å². The third kappa shape index (κ3) is 9.35. The Morgan fingerprint density at radius 1 is 0.905 bits per heavy atom. The number of fused-ring (bicyclic) bond motifs is 1. The fraction of sp³-hybridized carbons (Fsp3) is 0.381. The molecule has 1 aromatic carbocycles. The fourth-order valence-electron chi connectivity index (χ4n) is 7.94. The number of pyridine rings is 2. The first-order valence-corrected chi connectivity index (χ1v) is 22.1. The maximum Gasteiger partial charge on any atom is 0.301 e. The maximum atomic E-state index is 15.6. The Morgan fingerprint density at radius 3 is 2.32 bits per heavy atom. The van der Waals surface area contributed by atoms with Gasteiger partial charge in [-0.3, -0.25) is 39.1 Å². The second-order valence-electron chi connectivity index (χ2n) is 15.8. The van der Waals surface area contributed by atoms with Crippen LogP contribution in [0.1, 0.15) is 60.1 Å². The fourth-order valence-corrected chi connectivity index (χ4v) is 8.87. The van der Waals surface area contributed by atoms with Gasteiger partial charge in [0.25, 0.3) is 0 Å². The number of benzene rings is 1. The van der Waals surface area contributed by atoms with Crippen LogP contribution in [0.3, 0.4) is 0 Å². The van der Waals surface area contributed by atoms with E-state index in [1.54, 1.807) is 37.8 Å². The molecule has 63 heavy (non-hydrogen) atoms. The highest BCUT2D eigenvalue weighted by Crippen LogP contribution is 2.31. The topological polar surface area (TPSA) is 219 Å².